The fraction of sp³-hybridized carbons (Fsp3) is 0.550. The van der Waals surface area contributed by atoms with Crippen LogP contribution in [-0.2, 0) is 17.7 Å². The van der Waals surface area contributed by atoms with Crippen LogP contribution in [0.3, 0.4) is 0 Å². The van der Waals surface area contributed by atoms with E-state index in [2.05, 4.69) is 31.5 Å². The number of anilines is 1. The van der Waals surface area contributed by atoms with Crippen LogP contribution in [-0.4, -0.2) is 72.1 Å². The zero-order valence-corrected chi connectivity index (χ0v) is 20.5. The summed E-state index contributed by atoms with van der Waals surface area (Å²) in [7, 11) is 1.62. The molecule has 4 rings (SSSR count). The molecule has 3 aromatic heterocycles. The standard InChI is InChI=1S/C20H24ClN9O3S/c1-4-12-16(21)24-18(19(31)32)30(12)13-6-9-28(10-14(13)33-3)20-23-11(2)15(34-20)17-25-26-27-29(17)8-5-7-22/h13-14H,4-6,8-10H2,1-3H3,(H,31,32)/t13-,14+/m1/s1. The van der Waals surface area contributed by atoms with Crippen LogP contribution < -0.4 is 4.90 Å². The second kappa shape index (κ2) is 10.0. The predicted octanol–water partition coefficient (Wildman–Crippen LogP) is 2.60. The van der Waals surface area contributed by atoms with Crippen LogP contribution in [0, 0.1) is 18.3 Å². The summed E-state index contributed by atoms with van der Waals surface area (Å²) >= 11 is 7.73. The second-order valence-corrected chi connectivity index (χ2v) is 9.16. The first-order valence-corrected chi connectivity index (χ1v) is 12.0. The number of hydrogen-bond donors (Lipinski definition) is 1. The highest BCUT2D eigenvalue weighted by molar-refractivity contribution is 7.19. The number of ether oxygens (including phenoxy) is 1. The van der Waals surface area contributed by atoms with Crippen LogP contribution >= 0.6 is 22.9 Å². The zero-order chi connectivity index (χ0) is 24.4. The van der Waals surface area contributed by atoms with E-state index in [0.29, 0.717) is 50.4 Å². The summed E-state index contributed by atoms with van der Waals surface area (Å²) < 4.78 is 9.14. The van der Waals surface area contributed by atoms with E-state index in [0.717, 1.165) is 15.7 Å². The van der Waals surface area contributed by atoms with E-state index >= 15 is 0 Å². The molecule has 0 aromatic carbocycles. The summed E-state index contributed by atoms with van der Waals surface area (Å²) in [6.07, 6.45) is 1.20. The van der Waals surface area contributed by atoms with Gasteiger partial charge < -0.3 is 19.3 Å². The molecule has 1 fully saturated rings. The minimum absolute atomic E-state index is 0.0704. The molecule has 1 saturated heterocycles. The number of nitriles is 1. The van der Waals surface area contributed by atoms with Gasteiger partial charge in [-0.3, -0.25) is 0 Å². The lowest BCUT2D eigenvalue weighted by molar-refractivity contribution is 0.0427. The number of imidazole rings is 1. The van der Waals surface area contributed by atoms with Gasteiger partial charge in [-0.15, -0.1) is 5.10 Å². The monoisotopic (exact) mass is 505 g/mol. The fourth-order valence-corrected chi connectivity index (χ4v) is 5.66. The molecule has 0 aliphatic carbocycles. The number of aryl methyl sites for hydroxylation is 2. The molecule has 4 heterocycles. The zero-order valence-electron chi connectivity index (χ0n) is 19.0. The van der Waals surface area contributed by atoms with E-state index < -0.39 is 5.97 Å². The Balaban J connectivity index is 1.60. The van der Waals surface area contributed by atoms with Crippen molar-refractivity contribution in [2.45, 2.75) is 51.8 Å². The molecular weight excluding hydrogens is 482 g/mol. The van der Waals surface area contributed by atoms with Crippen molar-refractivity contribution in [2.75, 3.05) is 25.1 Å². The molecular formula is C20H24ClN9O3S. The SMILES string of the molecule is CCc1c(Cl)nc(C(=O)O)n1[C@@H]1CCN(c2nc(C)c(-c3nnnn3CCC#N)s2)C[C@@H]1OC. The molecule has 1 aliphatic heterocycles. The average molecular weight is 506 g/mol. The van der Waals surface area contributed by atoms with Gasteiger partial charge in [0.15, 0.2) is 16.1 Å². The van der Waals surface area contributed by atoms with Crippen LogP contribution in [0.5, 0.6) is 0 Å². The van der Waals surface area contributed by atoms with Crippen molar-refractivity contribution < 1.29 is 14.6 Å². The molecule has 0 bridgehead atoms. The van der Waals surface area contributed by atoms with Crippen molar-refractivity contribution in [3.63, 3.8) is 0 Å². The van der Waals surface area contributed by atoms with E-state index in [-0.39, 0.29) is 23.1 Å². The Labute approximate surface area is 204 Å². The number of tetrazole rings is 1. The maximum absolute atomic E-state index is 11.8. The van der Waals surface area contributed by atoms with Crippen molar-refractivity contribution in [1.29, 1.82) is 5.26 Å². The molecule has 2 atom stereocenters. The normalized spacial score (nSPS) is 18.3. The number of rotatable bonds is 8. The molecule has 12 nitrogen and oxygen atoms in total. The molecule has 14 heteroatoms. The molecule has 0 saturated carbocycles. The number of methoxy groups -OCH3 is 1. The number of hydrogen-bond acceptors (Lipinski definition) is 10. The van der Waals surface area contributed by atoms with Gasteiger partial charge in [-0.1, -0.05) is 29.9 Å². The number of carboxylic acid groups (broad SMARTS) is 1. The number of thiazole rings is 1. The minimum Gasteiger partial charge on any atom is -0.475 e. The third-order valence-electron chi connectivity index (χ3n) is 5.87. The van der Waals surface area contributed by atoms with E-state index in [1.807, 2.05) is 13.8 Å². The maximum atomic E-state index is 11.8. The molecule has 1 N–H and O–H groups in total. The van der Waals surface area contributed by atoms with Crippen molar-refractivity contribution in [2.24, 2.45) is 0 Å². The molecule has 3 aromatic rings. The third-order valence-corrected chi connectivity index (χ3v) is 7.39. The lowest BCUT2D eigenvalue weighted by Crippen LogP contribution is -2.46. The second-order valence-electron chi connectivity index (χ2n) is 7.82. The van der Waals surface area contributed by atoms with E-state index in [1.54, 1.807) is 16.4 Å². The molecule has 0 spiro atoms. The van der Waals surface area contributed by atoms with Gasteiger partial charge in [-0.05, 0) is 30.2 Å². The van der Waals surface area contributed by atoms with Gasteiger partial charge in [0.05, 0.1) is 47.4 Å². The van der Waals surface area contributed by atoms with Crippen LogP contribution in [0.2, 0.25) is 5.15 Å². The Kier molecular flexibility index (Phi) is 7.11. The highest BCUT2D eigenvalue weighted by Crippen LogP contribution is 2.37. The Morgan fingerprint density at radius 2 is 2.21 bits per heavy atom. The smallest absolute Gasteiger partial charge is 0.372 e. The summed E-state index contributed by atoms with van der Waals surface area (Å²) in [4.78, 5) is 23.6. The Bertz CT molecular complexity index is 1230. The number of aromatic nitrogens is 7. The molecule has 0 unspecified atom stereocenters. The first kappa shape index (κ1) is 24.1. The number of piperidine rings is 1. The number of aromatic carboxylic acids is 1. The fourth-order valence-electron chi connectivity index (χ4n) is 4.27. The van der Waals surface area contributed by atoms with Crippen molar-refractivity contribution >= 4 is 34.0 Å². The first-order valence-electron chi connectivity index (χ1n) is 10.8. The van der Waals surface area contributed by atoms with Crippen LogP contribution in [0.1, 0.15) is 47.8 Å². The van der Waals surface area contributed by atoms with Gasteiger partial charge >= 0.3 is 5.97 Å². The third kappa shape index (κ3) is 4.36. The van der Waals surface area contributed by atoms with Crippen molar-refractivity contribution in [3.05, 3.63) is 22.4 Å². The number of carbonyl (C=O) groups is 1. The topological polar surface area (TPSA) is 148 Å². The summed E-state index contributed by atoms with van der Waals surface area (Å²) in [5.74, 6) is -0.603. The molecule has 34 heavy (non-hydrogen) atoms. The van der Waals surface area contributed by atoms with E-state index in [1.165, 1.54) is 11.3 Å². The minimum atomic E-state index is -1.12. The van der Waals surface area contributed by atoms with Crippen LogP contribution in [0.25, 0.3) is 10.7 Å². The maximum Gasteiger partial charge on any atom is 0.372 e. The average Bonchev–Trinajstić information content (AvgIpc) is 3.53. The summed E-state index contributed by atoms with van der Waals surface area (Å²) in [6, 6.07) is 1.88. The van der Waals surface area contributed by atoms with Gasteiger partial charge in [0, 0.05) is 20.2 Å². The Morgan fingerprint density at radius 3 is 2.88 bits per heavy atom. The Hall–Kier alpha value is -3.08. The van der Waals surface area contributed by atoms with Gasteiger partial charge in [0.2, 0.25) is 5.82 Å². The van der Waals surface area contributed by atoms with E-state index in [9.17, 15) is 9.90 Å². The number of carboxylic acids is 1. The molecule has 0 amide bonds. The largest absolute Gasteiger partial charge is 0.475 e. The quantitative estimate of drug-likeness (QED) is 0.484. The number of halogens is 1. The highest BCUT2D eigenvalue weighted by Gasteiger charge is 2.36. The summed E-state index contributed by atoms with van der Waals surface area (Å²) in [6.45, 7) is 5.40. The Morgan fingerprint density at radius 1 is 1.41 bits per heavy atom. The van der Waals surface area contributed by atoms with Gasteiger partial charge in [0.1, 0.15) is 0 Å². The van der Waals surface area contributed by atoms with Crippen molar-refractivity contribution in [1.82, 2.24) is 34.7 Å². The predicted molar refractivity (Wildman–Crippen MR) is 124 cm³/mol. The lowest BCUT2D eigenvalue weighted by Gasteiger charge is -2.39. The van der Waals surface area contributed by atoms with Crippen LogP contribution in [0.4, 0.5) is 5.13 Å². The first-order chi connectivity index (χ1) is 16.4. The van der Waals surface area contributed by atoms with Crippen molar-refractivity contribution in [3.8, 4) is 16.8 Å². The summed E-state index contributed by atoms with van der Waals surface area (Å²) in [5, 5.41) is 31.5. The lowest BCUT2D eigenvalue weighted by atomic mass is 10.0. The molecule has 180 valence electrons. The van der Waals surface area contributed by atoms with Gasteiger partial charge in [0.25, 0.3) is 0 Å². The van der Waals surface area contributed by atoms with Crippen LogP contribution in [0.15, 0.2) is 0 Å². The highest BCUT2D eigenvalue weighted by atomic mass is 35.5. The van der Waals surface area contributed by atoms with Gasteiger partial charge in [-0.25, -0.2) is 19.4 Å². The molecule has 1 aliphatic rings. The van der Waals surface area contributed by atoms with Gasteiger partial charge in [-0.2, -0.15) is 5.26 Å². The van der Waals surface area contributed by atoms with E-state index in [4.69, 9.17) is 26.6 Å². The summed E-state index contributed by atoms with van der Waals surface area (Å²) in [5.41, 5.74) is 1.49. The number of nitrogens with zero attached hydrogens (tertiary/aromatic N) is 9. The molecule has 0 radical (unpaired) electrons.